The first-order valence-corrected chi connectivity index (χ1v) is 9.77. The molecule has 3 aromatic rings. The lowest BCUT2D eigenvalue weighted by atomic mass is 10.2. The molecule has 8 nitrogen and oxygen atoms in total. The number of aryl methyl sites for hydroxylation is 2. The molecule has 0 atom stereocenters. The van der Waals surface area contributed by atoms with Crippen LogP contribution in [-0.2, 0) is 22.6 Å². The molecule has 0 amide bonds. The molecular weight excluding hydrogens is 418 g/mol. The minimum atomic E-state index is -0.650. The van der Waals surface area contributed by atoms with Crippen LogP contribution in [0.25, 0.3) is 16.8 Å². The zero-order valence-corrected chi connectivity index (χ0v) is 17.1. The van der Waals surface area contributed by atoms with Crippen LogP contribution in [0.4, 0.5) is 5.69 Å². The summed E-state index contributed by atoms with van der Waals surface area (Å²) in [6.45, 7) is 3.93. The van der Waals surface area contributed by atoms with Crippen LogP contribution in [0.15, 0.2) is 34.8 Å². The average molecular weight is 434 g/mol. The quantitative estimate of drug-likeness (QED) is 0.223. The maximum Gasteiger partial charge on any atom is 0.331 e. The fraction of sp³-hybridized carbons (Fsp3) is 0.211. The molecule has 0 unspecified atom stereocenters. The van der Waals surface area contributed by atoms with Crippen molar-refractivity contribution in [2.45, 2.75) is 26.9 Å². The van der Waals surface area contributed by atoms with Gasteiger partial charge in [-0.15, -0.1) is 21.5 Å². The fourth-order valence-electron chi connectivity index (χ4n) is 2.51. The van der Waals surface area contributed by atoms with Crippen molar-refractivity contribution >= 4 is 40.7 Å². The molecule has 0 aliphatic rings. The van der Waals surface area contributed by atoms with Gasteiger partial charge in [0.05, 0.1) is 9.80 Å². The molecule has 0 aliphatic heterocycles. The van der Waals surface area contributed by atoms with Crippen LogP contribution < -0.4 is 0 Å². The summed E-state index contributed by atoms with van der Waals surface area (Å²) in [6.07, 6.45) is 3.48. The number of nitrogens with zero attached hydrogens (tertiary/aromatic N) is 3. The number of rotatable bonds is 7. The van der Waals surface area contributed by atoms with Crippen LogP contribution in [0.3, 0.4) is 0 Å². The summed E-state index contributed by atoms with van der Waals surface area (Å²) in [5.41, 5.74) is 1.37. The van der Waals surface area contributed by atoms with Crippen molar-refractivity contribution in [3.05, 3.63) is 67.4 Å². The summed E-state index contributed by atoms with van der Waals surface area (Å²) in [6, 6.07) is 6.20. The van der Waals surface area contributed by atoms with Gasteiger partial charge in [-0.2, -0.15) is 0 Å². The van der Waals surface area contributed by atoms with E-state index in [4.69, 9.17) is 20.8 Å². The fourth-order valence-corrected chi connectivity index (χ4v) is 3.73. The molecule has 0 N–H and O–H groups in total. The highest BCUT2D eigenvalue weighted by Crippen LogP contribution is 2.30. The number of nitro benzene ring substituents is 1. The maximum atomic E-state index is 11.9. The first-order chi connectivity index (χ1) is 13.9. The number of hydrogen-bond donors (Lipinski definition) is 0. The topological polar surface area (TPSA) is 108 Å². The van der Waals surface area contributed by atoms with E-state index in [0.29, 0.717) is 11.5 Å². The van der Waals surface area contributed by atoms with Crippen molar-refractivity contribution < 1.29 is 18.9 Å². The number of hydrogen-bond acceptors (Lipinski definition) is 8. The number of halogens is 1. The Balaban J connectivity index is 1.60. The van der Waals surface area contributed by atoms with E-state index in [9.17, 15) is 14.9 Å². The van der Waals surface area contributed by atoms with Crippen LogP contribution in [0.1, 0.15) is 28.8 Å². The third-order valence-electron chi connectivity index (χ3n) is 3.94. The smallest absolute Gasteiger partial charge is 0.331 e. The number of carbonyl (C=O) groups excluding carboxylic acids is 1. The monoisotopic (exact) mass is 433 g/mol. The molecule has 0 bridgehead atoms. The van der Waals surface area contributed by atoms with Gasteiger partial charge in [-0.05, 0) is 42.7 Å². The molecule has 0 radical (unpaired) electrons. The lowest BCUT2D eigenvalue weighted by molar-refractivity contribution is -0.384. The van der Waals surface area contributed by atoms with E-state index < -0.39 is 10.9 Å². The molecule has 2 aromatic heterocycles. The molecule has 0 fully saturated rings. The van der Waals surface area contributed by atoms with Crippen molar-refractivity contribution in [3.8, 4) is 10.8 Å². The zero-order valence-electron chi connectivity index (χ0n) is 15.5. The Bertz CT molecular complexity index is 1090. The minimum absolute atomic E-state index is 0.0221. The van der Waals surface area contributed by atoms with Crippen LogP contribution in [-0.4, -0.2) is 21.1 Å². The molecule has 150 valence electrons. The second-order valence-electron chi connectivity index (χ2n) is 5.98. The second kappa shape index (κ2) is 8.97. The van der Waals surface area contributed by atoms with E-state index in [1.54, 1.807) is 17.4 Å². The first kappa shape index (κ1) is 20.7. The summed E-state index contributed by atoms with van der Waals surface area (Å²) < 4.78 is 10.6. The molecule has 10 heteroatoms. The van der Waals surface area contributed by atoms with Crippen molar-refractivity contribution in [1.29, 1.82) is 0 Å². The minimum Gasteiger partial charge on any atom is -0.452 e. The highest BCUT2D eigenvalue weighted by atomic mass is 35.5. The second-order valence-corrected chi connectivity index (χ2v) is 7.52. The van der Waals surface area contributed by atoms with Gasteiger partial charge in [-0.1, -0.05) is 24.6 Å². The maximum absolute atomic E-state index is 11.9. The Labute approximate surface area is 174 Å². The summed E-state index contributed by atoms with van der Waals surface area (Å²) in [7, 11) is 0. The van der Waals surface area contributed by atoms with Crippen LogP contribution in [0, 0.1) is 17.0 Å². The highest BCUT2D eigenvalue weighted by molar-refractivity contribution is 7.15. The van der Waals surface area contributed by atoms with Gasteiger partial charge in [-0.3, -0.25) is 10.1 Å². The van der Waals surface area contributed by atoms with Crippen LogP contribution in [0.5, 0.6) is 0 Å². The predicted octanol–water partition coefficient (Wildman–Crippen LogP) is 4.99. The number of carbonyl (C=O) groups is 1. The number of ether oxygens (including phenoxy) is 1. The van der Waals surface area contributed by atoms with Crippen LogP contribution >= 0.6 is 22.9 Å². The Hall–Kier alpha value is -3.04. The van der Waals surface area contributed by atoms with Gasteiger partial charge >= 0.3 is 5.97 Å². The van der Waals surface area contributed by atoms with Gasteiger partial charge in [0.1, 0.15) is 5.02 Å². The number of nitro groups is 1. The van der Waals surface area contributed by atoms with Crippen LogP contribution in [0.2, 0.25) is 5.02 Å². The van der Waals surface area contributed by atoms with Crippen molar-refractivity contribution in [1.82, 2.24) is 10.2 Å². The first-order valence-electron chi connectivity index (χ1n) is 8.58. The average Bonchev–Trinajstić information content (AvgIpc) is 3.31. The van der Waals surface area contributed by atoms with E-state index in [2.05, 4.69) is 17.1 Å². The zero-order chi connectivity index (χ0) is 21.0. The lowest BCUT2D eigenvalue weighted by Crippen LogP contribution is -2.01. The van der Waals surface area contributed by atoms with Gasteiger partial charge in [0, 0.05) is 17.0 Å². The molecule has 0 saturated carbocycles. The predicted molar refractivity (Wildman–Crippen MR) is 109 cm³/mol. The van der Waals surface area contributed by atoms with E-state index in [0.717, 1.165) is 17.4 Å². The molecule has 0 aliphatic carbocycles. The number of esters is 1. The summed E-state index contributed by atoms with van der Waals surface area (Å²) in [5, 5.41) is 18.8. The molecule has 0 spiro atoms. The van der Waals surface area contributed by atoms with Gasteiger partial charge in [0.25, 0.3) is 17.5 Å². The normalized spacial score (nSPS) is 11.1. The Morgan fingerprint density at radius 2 is 2.17 bits per heavy atom. The number of thiophene rings is 1. The SMILES string of the molecule is CCc1sc(-c2nnc(COC(=O)/C=C/c3ccc(Cl)c([N+](=O)[O-])c3)o2)cc1C. The standard InChI is InChI=1S/C19H16ClN3O5S/c1-3-15-11(2)8-16(29-15)19-22-21-17(28-19)10-27-18(24)7-5-12-4-6-13(20)14(9-12)23(25)26/h4-9H,3,10H2,1-2H3/b7-5+. The Morgan fingerprint density at radius 3 is 2.86 bits per heavy atom. The van der Waals surface area contributed by atoms with E-state index in [-0.39, 0.29) is 23.2 Å². The van der Waals surface area contributed by atoms with E-state index >= 15 is 0 Å². The Morgan fingerprint density at radius 1 is 1.38 bits per heavy atom. The van der Waals surface area contributed by atoms with Crippen molar-refractivity contribution in [2.75, 3.05) is 0 Å². The lowest BCUT2D eigenvalue weighted by Gasteiger charge is -1.98. The highest BCUT2D eigenvalue weighted by Gasteiger charge is 2.14. The van der Waals surface area contributed by atoms with Crippen molar-refractivity contribution in [3.63, 3.8) is 0 Å². The number of aromatic nitrogens is 2. The van der Waals surface area contributed by atoms with Gasteiger partial charge in [-0.25, -0.2) is 4.79 Å². The van der Waals surface area contributed by atoms with E-state index in [1.807, 2.05) is 13.0 Å². The largest absolute Gasteiger partial charge is 0.452 e. The van der Waals surface area contributed by atoms with E-state index in [1.165, 1.54) is 28.6 Å². The van der Waals surface area contributed by atoms with Gasteiger partial charge in [0.2, 0.25) is 0 Å². The van der Waals surface area contributed by atoms with Crippen molar-refractivity contribution in [2.24, 2.45) is 0 Å². The third-order valence-corrected chi connectivity index (χ3v) is 5.63. The number of benzene rings is 1. The van der Waals surface area contributed by atoms with Gasteiger partial charge < -0.3 is 9.15 Å². The third kappa shape index (κ3) is 5.07. The molecule has 0 saturated heterocycles. The summed E-state index contributed by atoms with van der Waals surface area (Å²) in [4.78, 5) is 24.3. The molecule has 29 heavy (non-hydrogen) atoms. The van der Waals surface area contributed by atoms with Gasteiger partial charge in [0.15, 0.2) is 6.61 Å². The Kier molecular flexibility index (Phi) is 6.40. The molecule has 3 rings (SSSR count). The summed E-state index contributed by atoms with van der Waals surface area (Å²) >= 11 is 7.34. The molecule has 2 heterocycles. The summed E-state index contributed by atoms with van der Waals surface area (Å²) in [5.74, 6) is -0.0940. The molecule has 1 aromatic carbocycles. The molecular formula is C19H16ClN3O5S.